The van der Waals surface area contributed by atoms with Crippen LogP contribution in [0.1, 0.15) is 49.2 Å². The number of aryl methyl sites for hydroxylation is 2. The fourth-order valence-corrected chi connectivity index (χ4v) is 2.84. The van der Waals surface area contributed by atoms with Crippen LogP contribution in [0, 0.1) is 13.8 Å². The van der Waals surface area contributed by atoms with Crippen LogP contribution in [0.5, 0.6) is 5.75 Å². The Balaban J connectivity index is 1.74. The topological polar surface area (TPSA) is 93.5 Å². The average molecular weight is 373 g/mol. The molecule has 1 aromatic carbocycles. The van der Waals surface area contributed by atoms with E-state index in [4.69, 9.17) is 9.84 Å². The molecule has 1 atom stereocenters. The molecule has 1 unspecified atom stereocenters. The normalized spacial score (nSPS) is 11.8. The minimum absolute atomic E-state index is 0.000258. The number of nitrogens with one attached hydrogen (secondary N) is 1. The number of carboxylic acids is 1. The van der Waals surface area contributed by atoms with E-state index in [0.29, 0.717) is 31.7 Å². The number of carbonyl (C=O) groups excluding carboxylic acids is 1. The third-order valence-corrected chi connectivity index (χ3v) is 4.16. The summed E-state index contributed by atoms with van der Waals surface area (Å²) in [6.45, 7) is 6.72. The number of ether oxygens (including phenoxy) is 1. The van der Waals surface area contributed by atoms with Crippen molar-refractivity contribution in [2.75, 3.05) is 6.61 Å². The first-order valence-corrected chi connectivity index (χ1v) is 9.08. The van der Waals surface area contributed by atoms with Crippen molar-refractivity contribution in [3.8, 4) is 5.75 Å². The second-order valence-corrected chi connectivity index (χ2v) is 6.69. The molecule has 0 radical (unpaired) electrons. The molecule has 0 saturated heterocycles. The molecular formula is C20H27N3O4. The lowest BCUT2D eigenvalue weighted by molar-refractivity contribution is -0.137. The van der Waals surface area contributed by atoms with E-state index in [1.165, 1.54) is 0 Å². The van der Waals surface area contributed by atoms with Gasteiger partial charge >= 0.3 is 5.97 Å². The molecule has 2 rings (SSSR count). The zero-order chi connectivity index (χ0) is 19.8. The largest absolute Gasteiger partial charge is 0.494 e. The Morgan fingerprint density at radius 3 is 2.56 bits per heavy atom. The number of hydrogen-bond acceptors (Lipinski definition) is 4. The van der Waals surface area contributed by atoms with E-state index in [2.05, 4.69) is 10.4 Å². The lowest BCUT2D eigenvalue weighted by Crippen LogP contribution is -2.26. The van der Waals surface area contributed by atoms with Crippen molar-refractivity contribution >= 4 is 11.9 Å². The van der Waals surface area contributed by atoms with E-state index in [1.54, 1.807) is 0 Å². The van der Waals surface area contributed by atoms with Gasteiger partial charge in [-0.1, -0.05) is 12.1 Å². The monoisotopic (exact) mass is 373 g/mol. The number of benzene rings is 1. The number of nitrogens with zero attached hydrogens (tertiary/aromatic N) is 2. The maximum atomic E-state index is 12.2. The van der Waals surface area contributed by atoms with Crippen molar-refractivity contribution in [3.05, 3.63) is 47.3 Å². The zero-order valence-corrected chi connectivity index (χ0v) is 16.1. The number of amides is 1. The summed E-state index contributed by atoms with van der Waals surface area (Å²) in [5, 5.41) is 15.9. The highest BCUT2D eigenvalue weighted by Crippen LogP contribution is 2.15. The van der Waals surface area contributed by atoms with Gasteiger partial charge in [0.15, 0.2) is 0 Å². The lowest BCUT2D eigenvalue weighted by Gasteiger charge is -2.14. The Bertz CT molecular complexity index is 768. The van der Waals surface area contributed by atoms with Crippen LogP contribution >= 0.6 is 0 Å². The summed E-state index contributed by atoms with van der Waals surface area (Å²) >= 11 is 0. The predicted octanol–water partition coefficient (Wildman–Crippen LogP) is 3.01. The van der Waals surface area contributed by atoms with Crippen molar-refractivity contribution in [3.63, 3.8) is 0 Å². The predicted molar refractivity (Wildman–Crippen MR) is 102 cm³/mol. The second-order valence-electron chi connectivity index (χ2n) is 6.69. The molecule has 146 valence electrons. The van der Waals surface area contributed by atoms with Crippen LogP contribution in [0.3, 0.4) is 0 Å². The molecule has 1 aromatic heterocycles. The third kappa shape index (κ3) is 6.77. The van der Waals surface area contributed by atoms with Gasteiger partial charge in [-0.25, -0.2) is 0 Å². The van der Waals surface area contributed by atoms with Gasteiger partial charge in [0.25, 0.3) is 0 Å². The first-order valence-electron chi connectivity index (χ1n) is 9.08. The summed E-state index contributed by atoms with van der Waals surface area (Å²) in [6, 6.07) is 9.41. The lowest BCUT2D eigenvalue weighted by atomic mass is 10.2. The van der Waals surface area contributed by atoms with Crippen LogP contribution in [0.4, 0.5) is 0 Å². The molecule has 0 saturated carbocycles. The van der Waals surface area contributed by atoms with Crippen molar-refractivity contribution < 1.29 is 19.4 Å². The number of carboxylic acid groups (broad SMARTS) is 1. The Labute approximate surface area is 159 Å². The van der Waals surface area contributed by atoms with Gasteiger partial charge in [0, 0.05) is 25.1 Å². The molecule has 0 fully saturated rings. The molecule has 1 heterocycles. The number of rotatable bonds is 10. The molecule has 27 heavy (non-hydrogen) atoms. The number of carbonyl (C=O) groups is 2. The summed E-state index contributed by atoms with van der Waals surface area (Å²) in [6.07, 6.45) is 0.938. The standard InChI is InChI=1S/C20H27N3O4/c1-14-11-15(2)23(22-14)16(3)12-19(24)21-13-17-6-8-18(9-7-17)27-10-4-5-20(25)26/h6-9,11,16H,4-5,10,12-13H2,1-3H3,(H,21,24)(H,25,26). The Hall–Kier alpha value is -2.83. The van der Waals surface area contributed by atoms with Crippen LogP contribution in [0.15, 0.2) is 30.3 Å². The highest BCUT2D eigenvalue weighted by atomic mass is 16.5. The van der Waals surface area contributed by atoms with Crippen LogP contribution in [-0.4, -0.2) is 33.4 Å². The van der Waals surface area contributed by atoms with Gasteiger partial charge in [0.05, 0.1) is 18.3 Å². The first-order chi connectivity index (χ1) is 12.8. The molecule has 0 aliphatic rings. The van der Waals surface area contributed by atoms with E-state index in [-0.39, 0.29) is 18.4 Å². The molecule has 0 spiro atoms. The van der Waals surface area contributed by atoms with Crippen molar-refractivity contribution in [1.29, 1.82) is 0 Å². The fraction of sp³-hybridized carbons (Fsp3) is 0.450. The quantitative estimate of drug-likeness (QED) is 0.625. The Morgan fingerprint density at radius 1 is 1.26 bits per heavy atom. The van der Waals surface area contributed by atoms with Gasteiger partial charge in [-0.15, -0.1) is 0 Å². The van der Waals surface area contributed by atoms with Crippen molar-refractivity contribution in [1.82, 2.24) is 15.1 Å². The fourth-order valence-electron chi connectivity index (χ4n) is 2.84. The van der Waals surface area contributed by atoms with E-state index >= 15 is 0 Å². The molecule has 0 aliphatic carbocycles. The number of aliphatic carboxylic acids is 1. The molecular weight excluding hydrogens is 346 g/mol. The van der Waals surface area contributed by atoms with Crippen LogP contribution in [-0.2, 0) is 16.1 Å². The smallest absolute Gasteiger partial charge is 0.303 e. The average Bonchev–Trinajstić information content (AvgIpc) is 2.96. The van der Waals surface area contributed by atoms with Crippen LogP contribution < -0.4 is 10.1 Å². The summed E-state index contributed by atoms with van der Waals surface area (Å²) in [7, 11) is 0. The molecule has 7 heteroatoms. The maximum Gasteiger partial charge on any atom is 0.303 e. The molecule has 2 N–H and O–H groups in total. The SMILES string of the molecule is Cc1cc(C)n(C(C)CC(=O)NCc2ccc(OCCCC(=O)O)cc2)n1. The van der Waals surface area contributed by atoms with Gasteiger partial charge in [0.2, 0.25) is 5.91 Å². The van der Waals surface area contributed by atoms with Crippen LogP contribution in [0.25, 0.3) is 0 Å². The molecule has 7 nitrogen and oxygen atoms in total. The van der Waals surface area contributed by atoms with Gasteiger partial charge in [-0.3, -0.25) is 14.3 Å². The molecule has 1 amide bonds. The highest BCUT2D eigenvalue weighted by molar-refractivity contribution is 5.76. The van der Waals surface area contributed by atoms with E-state index in [9.17, 15) is 9.59 Å². The Morgan fingerprint density at radius 2 is 1.96 bits per heavy atom. The zero-order valence-electron chi connectivity index (χ0n) is 16.1. The second kappa shape index (κ2) is 9.75. The van der Waals surface area contributed by atoms with Gasteiger partial charge < -0.3 is 15.2 Å². The highest BCUT2D eigenvalue weighted by Gasteiger charge is 2.13. The molecule has 0 bridgehead atoms. The maximum absolute atomic E-state index is 12.2. The van der Waals surface area contributed by atoms with Gasteiger partial charge in [-0.2, -0.15) is 5.10 Å². The minimum atomic E-state index is -0.822. The van der Waals surface area contributed by atoms with Gasteiger partial charge in [-0.05, 0) is 51.0 Å². The Kier molecular flexibility index (Phi) is 7.40. The number of aromatic nitrogens is 2. The molecule has 0 aliphatic heterocycles. The first kappa shape index (κ1) is 20.5. The summed E-state index contributed by atoms with van der Waals surface area (Å²) in [5.41, 5.74) is 2.97. The van der Waals surface area contributed by atoms with E-state index in [0.717, 1.165) is 17.0 Å². The summed E-state index contributed by atoms with van der Waals surface area (Å²) in [4.78, 5) is 22.6. The summed E-state index contributed by atoms with van der Waals surface area (Å²) in [5.74, 6) is -0.158. The van der Waals surface area contributed by atoms with E-state index < -0.39 is 5.97 Å². The number of hydrogen-bond donors (Lipinski definition) is 2. The van der Waals surface area contributed by atoms with Crippen LogP contribution in [0.2, 0.25) is 0 Å². The van der Waals surface area contributed by atoms with Gasteiger partial charge in [0.1, 0.15) is 5.75 Å². The van der Waals surface area contributed by atoms with Crippen molar-refractivity contribution in [2.24, 2.45) is 0 Å². The summed E-state index contributed by atoms with van der Waals surface area (Å²) < 4.78 is 7.37. The molecule has 2 aromatic rings. The minimum Gasteiger partial charge on any atom is -0.494 e. The van der Waals surface area contributed by atoms with Crippen molar-refractivity contribution in [2.45, 2.75) is 52.6 Å². The van der Waals surface area contributed by atoms with E-state index in [1.807, 2.05) is 55.8 Å². The third-order valence-electron chi connectivity index (χ3n) is 4.16.